The normalized spacial score (nSPS) is 21.6. The van der Waals surface area contributed by atoms with Crippen molar-refractivity contribution in [1.82, 2.24) is 26.1 Å². The molecule has 2 atom stereocenters. The van der Waals surface area contributed by atoms with Crippen LogP contribution >= 0.6 is 0 Å². The third-order valence-electron chi connectivity index (χ3n) is 6.77. The van der Waals surface area contributed by atoms with Gasteiger partial charge in [-0.05, 0) is 56.9 Å². The van der Waals surface area contributed by atoms with Gasteiger partial charge < -0.3 is 15.0 Å². The molecule has 3 heterocycles. The first-order valence-corrected chi connectivity index (χ1v) is 12.1. The molecule has 2 fully saturated rings. The van der Waals surface area contributed by atoms with Gasteiger partial charge in [0.1, 0.15) is 5.75 Å². The molecule has 2 saturated heterocycles. The smallest absolute Gasteiger partial charge is 0.226 e. The van der Waals surface area contributed by atoms with Crippen LogP contribution in [0.4, 0.5) is 5.95 Å². The number of aromatic nitrogens is 2. The Hall–Kier alpha value is -2.74. The van der Waals surface area contributed by atoms with E-state index in [1.807, 2.05) is 25.1 Å². The summed E-state index contributed by atoms with van der Waals surface area (Å²) in [6, 6.07) is 18.1. The van der Waals surface area contributed by atoms with E-state index in [1.54, 1.807) is 0 Å². The van der Waals surface area contributed by atoms with E-state index < -0.39 is 0 Å². The van der Waals surface area contributed by atoms with E-state index in [2.05, 4.69) is 58.3 Å². The first-order chi connectivity index (χ1) is 16.2. The molecular weight excluding hydrogens is 412 g/mol. The number of hydrogen-bond donors (Lipinski definition) is 3. The molecule has 1 aromatic heterocycles. The van der Waals surface area contributed by atoms with Gasteiger partial charge in [0.25, 0.3) is 0 Å². The maximum Gasteiger partial charge on any atom is 0.226 e. The summed E-state index contributed by atoms with van der Waals surface area (Å²) in [7, 11) is 0. The Morgan fingerprint density at radius 3 is 2.67 bits per heavy atom. The first-order valence-electron chi connectivity index (χ1n) is 12.1. The zero-order valence-corrected chi connectivity index (χ0v) is 19.6. The molecule has 2 aliphatic rings. The van der Waals surface area contributed by atoms with Gasteiger partial charge in [0, 0.05) is 43.1 Å². The quantitative estimate of drug-likeness (QED) is 0.513. The number of anilines is 1. The number of hydrazine groups is 1. The van der Waals surface area contributed by atoms with Crippen molar-refractivity contribution < 1.29 is 4.74 Å². The van der Waals surface area contributed by atoms with Crippen LogP contribution in [0, 0.1) is 6.92 Å². The van der Waals surface area contributed by atoms with Crippen LogP contribution in [0.15, 0.2) is 48.5 Å². The van der Waals surface area contributed by atoms with Crippen molar-refractivity contribution in [3.63, 3.8) is 0 Å². The summed E-state index contributed by atoms with van der Waals surface area (Å²) in [6.45, 7) is 7.65. The van der Waals surface area contributed by atoms with E-state index >= 15 is 0 Å². The molecule has 3 N–H and O–H groups in total. The zero-order chi connectivity index (χ0) is 22.6. The topological polar surface area (TPSA) is 74.3 Å². The Morgan fingerprint density at radius 1 is 1.06 bits per heavy atom. The molecule has 0 radical (unpaired) electrons. The number of rotatable bonds is 7. The maximum atomic E-state index is 5.63. The van der Waals surface area contributed by atoms with Crippen molar-refractivity contribution >= 4 is 16.9 Å². The number of hydrogen-bond acceptors (Lipinski definition) is 7. The number of ether oxygens (including phenoxy) is 1. The molecule has 0 aliphatic carbocycles. The second-order valence-electron chi connectivity index (χ2n) is 9.08. The number of fused-ring (bicyclic) bond motifs is 1. The Bertz CT molecular complexity index is 1070. The molecule has 2 aliphatic heterocycles. The van der Waals surface area contributed by atoms with E-state index in [0.29, 0.717) is 24.7 Å². The molecular formula is C26H34N6O. The molecule has 2 unspecified atom stereocenters. The lowest BCUT2D eigenvalue weighted by Crippen LogP contribution is -2.47. The van der Waals surface area contributed by atoms with Gasteiger partial charge in [0.2, 0.25) is 5.95 Å². The van der Waals surface area contributed by atoms with Crippen molar-refractivity contribution in [1.29, 1.82) is 0 Å². The van der Waals surface area contributed by atoms with Gasteiger partial charge in [-0.15, -0.1) is 0 Å². The minimum Gasteiger partial charge on any atom is -0.494 e. The van der Waals surface area contributed by atoms with E-state index in [-0.39, 0.29) is 0 Å². The van der Waals surface area contributed by atoms with Crippen LogP contribution < -0.4 is 25.8 Å². The van der Waals surface area contributed by atoms with Crippen LogP contribution in [0.25, 0.3) is 10.9 Å². The van der Waals surface area contributed by atoms with Gasteiger partial charge in [-0.25, -0.2) is 15.4 Å². The van der Waals surface area contributed by atoms with Gasteiger partial charge >= 0.3 is 0 Å². The van der Waals surface area contributed by atoms with Crippen molar-refractivity contribution in [3.8, 4) is 5.75 Å². The van der Waals surface area contributed by atoms with E-state index in [0.717, 1.165) is 67.2 Å². The standard InChI is InChI=1S/C26H34N6O/c1-3-33-22-9-10-24-23(16-22)18(2)28-26(29-24)32-13-11-20(12-14-32)27-17-21-15-25(31-30-21)19-7-5-4-6-8-19/h4-10,16,20-21,25,27,30-31H,3,11-15,17H2,1-2H3. The van der Waals surface area contributed by atoms with Crippen molar-refractivity contribution in [2.45, 2.75) is 51.2 Å². The molecule has 7 nitrogen and oxygen atoms in total. The Balaban J connectivity index is 1.13. The lowest BCUT2D eigenvalue weighted by atomic mass is 10.0. The van der Waals surface area contributed by atoms with Crippen molar-refractivity contribution in [2.75, 3.05) is 31.1 Å². The fourth-order valence-electron chi connectivity index (χ4n) is 4.90. The summed E-state index contributed by atoms with van der Waals surface area (Å²) in [5, 5.41) is 4.85. The van der Waals surface area contributed by atoms with Gasteiger partial charge in [0.05, 0.1) is 17.8 Å². The lowest BCUT2D eigenvalue weighted by Gasteiger charge is -2.33. The van der Waals surface area contributed by atoms with Crippen LogP contribution in [-0.2, 0) is 0 Å². The van der Waals surface area contributed by atoms with Crippen LogP contribution in [0.1, 0.15) is 43.5 Å². The second-order valence-corrected chi connectivity index (χ2v) is 9.08. The van der Waals surface area contributed by atoms with Gasteiger partial charge in [-0.1, -0.05) is 30.3 Å². The average Bonchev–Trinajstić information content (AvgIpc) is 3.33. The highest BCUT2D eigenvalue weighted by Crippen LogP contribution is 2.26. The third-order valence-corrected chi connectivity index (χ3v) is 6.77. The minimum absolute atomic E-state index is 0.387. The van der Waals surface area contributed by atoms with Crippen LogP contribution in [-0.4, -0.2) is 48.3 Å². The Labute approximate surface area is 195 Å². The highest BCUT2D eigenvalue weighted by atomic mass is 16.5. The van der Waals surface area contributed by atoms with Crippen LogP contribution in [0.2, 0.25) is 0 Å². The molecule has 0 amide bonds. The molecule has 5 rings (SSSR count). The first kappa shape index (κ1) is 22.1. The molecule has 33 heavy (non-hydrogen) atoms. The molecule has 0 spiro atoms. The lowest BCUT2D eigenvalue weighted by molar-refractivity contribution is 0.340. The summed E-state index contributed by atoms with van der Waals surface area (Å²) in [5.74, 6) is 1.72. The number of aryl methyl sites for hydroxylation is 1. The number of piperidine rings is 1. The molecule has 7 heteroatoms. The monoisotopic (exact) mass is 446 g/mol. The second kappa shape index (κ2) is 10.0. The minimum atomic E-state index is 0.387. The van der Waals surface area contributed by atoms with Crippen molar-refractivity contribution in [3.05, 3.63) is 59.8 Å². The Morgan fingerprint density at radius 2 is 1.88 bits per heavy atom. The molecule has 174 valence electrons. The summed E-state index contributed by atoms with van der Waals surface area (Å²) in [5.41, 5.74) is 10.2. The molecule has 2 aromatic carbocycles. The van der Waals surface area contributed by atoms with Gasteiger partial charge in [0.15, 0.2) is 0 Å². The SMILES string of the molecule is CCOc1ccc2nc(N3CCC(NCC4CC(c5ccccc5)NN4)CC3)nc(C)c2c1. The number of benzene rings is 2. The number of nitrogens with zero attached hydrogens (tertiary/aromatic N) is 3. The van der Waals surface area contributed by atoms with Crippen molar-refractivity contribution in [2.24, 2.45) is 0 Å². The fraction of sp³-hybridized carbons (Fsp3) is 0.462. The summed E-state index contributed by atoms with van der Waals surface area (Å²) < 4.78 is 5.63. The summed E-state index contributed by atoms with van der Waals surface area (Å²) in [6.07, 6.45) is 3.31. The highest BCUT2D eigenvalue weighted by molar-refractivity contribution is 5.83. The van der Waals surface area contributed by atoms with E-state index in [9.17, 15) is 0 Å². The third kappa shape index (κ3) is 5.11. The summed E-state index contributed by atoms with van der Waals surface area (Å²) in [4.78, 5) is 12.0. The van der Waals surface area contributed by atoms with E-state index in [1.165, 1.54) is 5.56 Å². The average molecular weight is 447 g/mol. The molecule has 3 aromatic rings. The van der Waals surface area contributed by atoms with Crippen LogP contribution in [0.3, 0.4) is 0 Å². The van der Waals surface area contributed by atoms with Crippen LogP contribution in [0.5, 0.6) is 5.75 Å². The summed E-state index contributed by atoms with van der Waals surface area (Å²) >= 11 is 0. The predicted molar refractivity (Wildman–Crippen MR) is 133 cm³/mol. The van der Waals surface area contributed by atoms with E-state index in [4.69, 9.17) is 14.7 Å². The maximum absolute atomic E-state index is 5.63. The van der Waals surface area contributed by atoms with Gasteiger partial charge in [-0.3, -0.25) is 5.43 Å². The largest absolute Gasteiger partial charge is 0.494 e. The molecule has 0 saturated carbocycles. The zero-order valence-electron chi connectivity index (χ0n) is 19.6. The molecule has 0 bridgehead atoms. The van der Waals surface area contributed by atoms with Gasteiger partial charge in [-0.2, -0.15) is 0 Å². The Kier molecular flexibility index (Phi) is 6.71. The highest BCUT2D eigenvalue weighted by Gasteiger charge is 2.27. The predicted octanol–water partition coefficient (Wildman–Crippen LogP) is 3.50. The number of nitrogens with one attached hydrogen (secondary N) is 3. The fourth-order valence-corrected chi connectivity index (χ4v) is 4.90.